The summed E-state index contributed by atoms with van der Waals surface area (Å²) in [5.74, 6) is 2.14. The topological polar surface area (TPSA) is 9.23 Å². The van der Waals surface area contributed by atoms with E-state index in [0.29, 0.717) is 12.0 Å². The van der Waals surface area contributed by atoms with Crippen LogP contribution in [0.15, 0.2) is 49.1 Å². The molecular formula is C22H30O. The molecule has 2 atom stereocenters. The highest BCUT2D eigenvalue weighted by molar-refractivity contribution is 5.23. The zero-order valence-electron chi connectivity index (χ0n) is 14.4. The van der Waals surface area contributed by atoms with Gasteiger partial charge in [-0.05, 0) is 62.8 Å². The van der Waals surface area contributed by atoms with E-state index < -0.39 is 0 Å². The van der Waals surface area contributed by atoms with E-state index in [-0.39, 0.29) is 0 Å². The maximum atomic E-state index is 6.13. The average Bonchev–Trinajstić information content (AvgIpc) is 2.61. The molecule has 124 valence electrons. The maximum absolute atomic E-state index is 6.13. The predicted octanol–water partition coefficient (Wildman–Crippen LogP) is 6.01. The van der Waals surface area contributed by atoms with Gasteiger partial charge < -0.3 is 4.74 Å². The van der Waals surface area contributed by atoms with Crippen LogP contribution in [0.1, 0.15) is 55.8 Å². The second-order valence-electron chi connectivity index (χ2n) is 7.37. The highest BCUT2D eigenvalue weighted by Crippen LogP contribution is 2.33. The van der Waals surface area contributed by atoms with Gasteiger partial charge in [0.25, 0.3) is 0 Å². The van der Waals surface area contributed by atoms with E-state index in [0.717, 1.165) is 24.9 Å². The number of benzene rings is 1. The molecule has 2 unspecified atom stereocenters. The number of allylic oxidation sites excluding steroid dienone is 2. The molecule has 3 rings (SSSR count). The number of hydrogen-bond acceptors (Lipinski definition) is 1. The maximum Gasteiger partial charge on any atom is 0.0825 e. The Bertz CT molecular complexity index is 511. The lowest BCUT2D eigenvalue weighted by atomic mass is 9.81. The molecule has 1 saturated heterocycles. The van der Waals surface area contributed by atoms with E-state index in [4.69, 9.17) is 4.74 Å². The molecule has 2 aliphatic rings. The van der Waals surface area contributed by atoms with Gasteiger partial charge in [0.1, 0.15) is 0 Å². The highest BCUT2D eigenvalue weighted by Gasteiger charge is 2.22. The first-order chi connectivity index (χ1) is 11.2. The first-order valence-corrected chi connectivity index (χ1v) is 9.23. The number of aryl methyl sites for hydroxylation is 1. The Balaban J connectivity index is 1.45. The zero-order valence-corrected chi connectivity index (χ0v) is 14.4. The molecule has 0 N–H and O–H groups in total. The minimum atomic E-state index is 0.295. The molecule has 0 spiro atoms. The molecule has 0 radical (unpaired) electrons. The standard InChI is InChI=1S/C22H30O/c1-3-18-6-8-19(9-7-18)10-11-20-12-15-22(23-16-20)21-13-4-17(2)5-14-21/h3-5,10-11,13-14,18-20,22H,1,6-9,12,15-16H2,2H3/b11-10+. The van der Waals surface area contributed by atoms with Crippen molar-refractivity contribution < 1.29 is 4.74 Å². The first-order valence-electron chi connectivity index (χ1n) is 9.23. The molecule has 0 amide bonds. The van der Waals surface area contributed by atoms with Crippen LogP contribution in [-0.2, 0) is 4.74 Å². The third-order valence-electron chi connectivity index (χ3n) is 5.57. The summed E-state index contributed by atoms with van der Waals surface area (Å²) < 4.78 is 6.13. The lowest BCUT2D eigenvalue weighted by Crippen LogP contribution is -2.19. The van der Waals surface area contributed by atoms with Crippen molar-refractivity contribution >= 4 is 0 Å². The van der Waals surface area contributed by atoms with Crippen molar-refractivity contribution in [3.63, 3.8) is 0 Å². The summed E-state index contributed by atoms with van der Waals surface area (Å²) in [6.07, 6.45) is 15.0. The van der Waals surface area contributed by atoms with E-state index in [1.807, 2.05) is 0 Å². The van der Waals surface area contributed by atoms with Crippen LogP contribution in [0.5, 0.6) is 0 Å². The fourth-order valence-electron chi connectivity index (χ4n) is 3.86. The predicted molar refractivity (Wildman–Crippen MR) is 97.4 cm³/mol. The van der Waals surface area contributed by atoms with Crippen molar-refractivity contribution in [2.45, 2.75) is 51.6 Å². The molecule has 1 aliphatic carbocycles. The molecule has 0 bridgehead atoms. The summed E-state index contributed by atoms with van der Waals surface area (Å²) >= 11 is 0. The molecule has 1 aromatic rings. The summed E-state index contributed by atoms with van der Waals surface area (Å²) in [5, 5.41) is 0. The van der Waals surface area contributed by atoms with Gasteiger partial charge >= 0.3 is 0 Å². The quantitative estimate of drug-likeness (QED) is 0.619. The van der Waals surface area contributed by atoms with Gasteiger partial charge in [-0.3, -0.25) is 0 Å². The Kier molecular flexibility index (Phi) is 5.72. The summed E-state index contributed by atoms with van der Waals surface area (Å²) in [7, 11) is 0. The highest BCUT2D eigenvalue weighted by atomic mass is 16.5. The van der Waals surface area contributed by atoms with Crippen LogP contribution in [0.25, 0.3) is 0 Å². The van der Waals surface area contributed by atoms with E-state index >= 15 is 0 Å². The lowest BCUT2D eigenvalue weighted by Gasteiger charge is -2.29. The van der Waals surface area contributed by atoms with Gasteiger partial charge in [-0.2, -0.15) is 0 Å². The van der Waals surface area contributed by atoms with E-state index in [9.17, 15) is 0 Å². The van der Waals surface area contributed by atoms with Gasteiger partial charge in [0.2, 0.25) is 0 Å². The zero-order chi connectivity index (χ0) is 16.1. The van der Waals surface area contributed by atoms with Crippen LogP contribution in [-0.4, -0.2) is 6.61 Å². The fraction of sp³-hybridized carbons (Fsp3) is 0.545. The Morgan fingerprint density at radius 3 is 2.09 bits per heavy atom. The van der Waals surface area contributed by atoms with Crippen LogP contribution >= 0.6 is 0 Å². The van der Waals surface area contributed by atoms with Crippen molar-refractivity contribution in [3.8, 4) is 0 Å². The number of ether oxygens (including phenoxy) is 1. The Hall–Kier alpha value is -1.34. The summed E-state index contributed by atoms with van der Waals surface area (Å²) in [6.45, 7) is 6.94. The van der Waals surface area contributed by atoms with Gasteiger partial charge in [-0.15, -0.1) is 6.58 Å². The molecular weight excluding hydrogens is 280 g/mol. The largest absolute Gasteiger partial charge is 0.373 e. The molecule has 1 aliphatic heterocycles. The second-order valence-corrected chi connectivity index (χ2v) is 7.37. The van der Waals surface area contributed by atoms with Gasteiger partial charge in [-0.1, -0.05) is 48.1 Å². The molecule has 1 heterocycles. The molecule has 23 heavy (non-hydrogen) atoms. The van der Waals surface area contributed by atoms with Crippen LogP contribution in [0.2, 0.25) is 0 Å². The van der Waals surface area contributed by atoms with Gasteiger partial charge in [-0.25, -0.2) is 0 Å². The molecule has 1 saturated carbocycles. The fourth-order valence-corrected chi connectivity index (χ4v) is 3.86. The number of rotatable bonds is 4. The summed E-state index contributed by atoms with van der Waals surface area (Å²) in [5.41, 5.74) is 2.65. The molecule has 2 fully saturated rings. The van der Waals surface area contributed by atoms with Gasteiger partial charge in [0.05, 0.1) is 12.7 Å². The van der Waals surface area contributed by atoms with Crippen molar-refractivity contribution in [2.24, 2.45) is 17.8 Å². The normalized spacial score (nSPS) is 32.0. The van der Waals surface area contributed by atoms with E-state index in [2.05, 4.69) is 56.0 Å². The van der Waals surface area contributed by atoms with E-state index in [1.165, 1.54) is 43.2 Å². The van der Waals surface area contributed by atoms with Crippen LogP contribution in [0.4, 0.5) is 0 Å². The van der Waals surface area contributed by atoms with Gasteiger partial charge in [0, 0.05) is 5.92 Å². The molecule has 1 aromatic carbocycles. The van der Waals surface area contributed by atoms with Crippen LogP contribution < -0.4 is 0 Å². The smallest absolute Gasteiger partial charge is 0.0825 e. The summed E-state index contributed by atoms with van der Waals surface area (Å²) in [6, 6.07) is 8.80. The third-order valence-corrected chi connectivity index (χ3v) is 5.57. The van der Waals surface area contributed by atoms with Crippen molar-refractivity contribution in [2.75, 3.05) is 6.61 Å². The van der Waals surface area contributed by atoms with E-state index in [1.54, 1.807) is 0 Å². The van der Waals surface area contributed by atoms with Crippen molar-refractivity contribution in [1.29, 1.82) is 0 Å². The molecule has 0 aromatic heterocycles. The number of hydrogen-bond donors (Lipinski definition) is 0. The monoisotopic (exact) mass is 310 g/mol. The second kappa shape index (κ2) is 7.97. The Labute approximate surface area is 141 Å². The lowest BCUT2D eigenvalue weighted by molar-refractivity contribution is -0.00536. The van der Waals surface area contributed by atoms with Crippen LogP contribution in [0, 0.1) is 24.7 Å². The minimum Gasteiger partial charge on any atom is -0.373 e. The SMILES string of the molecule is C=CC1CCC(/C=C/C2CCC(c3ccc(C)cc3)OC2)CC1. The average molecular weight is 310 g/mol. The van der Waals surface area contributed by atoms with Crippen molar-refractivity contribution in [1.82, 2.24) is 0 Å². The first kappa shape index (κ1) is 16.5. The molecule has 1 nitrogen and oxygen atoms in total. The molecule has 1 heteroatoms. The minimum absolute atomic E-state index is 0.295. The Morgan fingerprint density at radius 1 is 0.870 bits per heavy atom. The van der Waals surface area contributed by atoms with Crippen LogP contribution in [0.3, 0.4) is 0 Å². The summed E-state index contributed by atoms with van der Waals surface area (Å²) in [4.78, 5) is 0. The Morgan fingerprint density at radius 2 is 1.48 bits per heavy atom. The van der Waals surface area contributed by atoms with Gasteiger partial charge in [0.15, 0.2) is 0 Å². The van der Waals surface area contributed by atoms with Crippen molar-refractivity contribution in [3.05, 3.63) is 60.2 Å². The third kappa shape index (κ3) is 4.57.